The van der Waals surface area contributed by atoms with Crippen molar-refractivity contribution in [2.45, 2.75) is 0 Å². The zero-order valence-corrected chi connectivity index (χ0v) is 12.7. The number of halogens is 1. The van der Waals surface area contributed by atoms with Crippen molar-refractivity contribution in [1.29, 1.82) is 0 Å². The van der Waals surface area contributed by atoms with Gasteiger partial charge in [-0.2, -0.15) is 0 Å². The summed E-state index contributed by atoms with van der Waals surface area (Å²) in [6, 6.07) is 25.0. The average Bonchev–Trinajstić information content (AvgIpc) is 2.53. The van der Waals surface area contributed by atoms with E-state index in [2.05, 4.69) is 76.6 Å². The van der Waals surface area contributed by atoms with Gasteiger partial charge in [0.25, 0.3) is 0 Å². The van der Waals surface area contributed by atoms with E-state index in [1.807, 2.05) is 6.07 Å². The lowest BCUT2D eigenvalue weighted by Gasteiger charge is -2.14. The molecule has 0 aliphatic rings. The van der Waals surface area contributed by atoms with Crippen molar-refractivity contribution >= 4 is 59.0 Å². The van der Waals surface area contributed by atoms with Crippen molar-refractivity contribution in [1.82, 2.24) is 0 Å². The van der Waals surface area contributed by atoms with E-state index in [-0.39, 0.29) is 0 Å². The van der Waals surface area contributed by atoms with E-state index in [1.54, 1.807) is 0 Å². The molecular weight excluding hydrogens is 320 g/mol. The van der Waals surface area contributed by atoms with Crippen LogP contribution in [-0.2, 0) is 0 Å². The Morgan fingerprint density at radius 2 is 1.33 bits per heavy atom. The second-order valence-electron chi connectivity index (χ2n) is 5.45. The largest absolute Gasteiger partial charge is 0.0610 e. The quantitative estimate of drug-likeness (QED) is 0.231. The van der Waals surface area contributed by atoms with Crippen LogP contribution >= 0.6 is 15.9 Å². The molecule has 0 spiro atoms. The normalized spacial score (nSPS) is 12.0. The van der Waals surface area contributed by atoms with Crippen LogP contribution < -0.4 is 0 Å². The molecule has 0 aromatic heterocycles. The molecule has 5 rings (SSSR count). The van der Waals surface area contributed by atoms with Crippen LogP contribution in [0.2, 0.25) is 0 Å². The van der Waals surface area contributed by atoms with Crippen molar-refractivity contribution < 1.29 is 0 Å². The minimum absolute atomic E-state index is 1.12. The highest BCUT2D eigenvalue weighted by Crippen LogP contribution is 2.42. The van der Waals surface area contributed by atoms with E-state index in [9.17, 15) is 0 Å². The van der Waals surface area contributed by atoms with Crippen LogP contribution in [0.1, 0.15) is 0 Å². The van der Waals surface area contributed by atoms with Gasteiger partial charge in [0, 0.05) is 9.86 Å². The predicted octanol–water partition coefficient (Wildman–Crippen LogP) is 6.30. The van der Waals surface area contributed by atoms with Gasteiger partial charge in [0.1, 0.15) is 0 Å². The van der Waals surface area contributed by atoms with Gasteiger partial charge < -0.3 is 0 Å². The van der Waals surface area contributed by atoms with Gasteiger partial charge in [-0.3, -0.25) is 0 Å². The molecule has 0 heterocycles. The molecule has 0 fully saturated rings. The molecule has 0 aliphatic carbocycles. The fourth-order valence-electron chi connectivity index (χ4n) is 3.54. The summed E-state index contributed by atoms with van der Waals surface area (Å²) >= 11 is 3.73. The molecule has 1 radical (unpaired) electrons. The lowest BCUT2D eigenvalue weighted by molar-refractivity contribution is 1.75. The van der Waals surface area contributed by atoms with E-state index in [0.717, 1.165) is 4.47 Å². The number of fused-ring (bicyclic) bond motifs is 2. The predicted molar refractivity (Wildman–Crippen MR) is 94.2 cm³/mol. The Hall–Kier alpha value is -2.12. The minimum atomic E-state index is 1.12. The second-order valence-corrected chi connectivity index (χ2v) is 6.30. The highest BCUT2D eigenvalue weighted by Gasteiger charge is 2.13. The molecule has 1 heteroatoms. The number of hydrogen-bond donors (Lipinski definition) is 0. The van der Waals surface area contributed by atoms with Crippen molar-refractivity contribution in [3.63, 3.8) is 0 Å². The summed E-state index contributed by atoms with van der Waals surface area (Å²) in [5, 5.41) is 10.4. The van der Waals surface area contributed by atoms with Crippen molar-refractivity contribution in [3.05, 3.63) is 71.2 Å². The SMILES string of the molecule is Brc1c[c]c2cccc3c4cccc5cccc(c1c23)c54. The molecular formula is C20H10Br. The summed E-state index contributed by atoms with van der Waals surface area (Å²) in [6.45, 7) is 0. The van der Waals surface area contributed by atoms with Crippen LogP contribution in [0.15, 0.2) is 65.1 Å². The number of rotatable bonds is 0. The molecule has 0 unspecified atom stereocenters. The first-order valence-corrected chi connectivity index (χ1v) is 7.79. The standard InChI is InChI=1S/C20H10Br/c21-17-11-10-13-6-2-8-15-14-7-1-4-12-5-3-9-16(18(12)14)20(17)19(13)15/h1-9,11H. The molecule has 97 valence electrons. The van der Waals surface area contributed by atoms with Crippen molar-refractivity contribution in [2.75, 3.05) is 0 Å². The highest BCUT2D eigenvalue weighted by molar-refractivity contribution is 9.10. The van der Waals surface area contributed by atoms with Gasteiger partial charge >= 0.3 is 0 Å². The Morgan fingerprint density at radius 3 is 2.14 bits per heavy atom. The van der Waals surface area contributed by atoms with E-state index in [4.69, 9.17) is 0 Å². The topological polar surface area (TPSA) is 0 Å². The summed E-state index contributed by atoms with van der Waals surface area (Å²) in [5.74, 6) is 0. The first kappa shape index (κ1) is 11.5. The summed E-state index contributed by atoms with van der Waals surface area (Å²) in [7, 11) is 0. The Bertz CT molecular complexity index is 1130. The Labute approximate surface area is 130 Å². The van der Waals surface area contributed by atoms with Crippen LogP contribution in [0, 0.1) is 6.07 Å². The average molecular weight is 330 g/mol. The monoisotopic (exact) mass is 329 g/mol. The third kappa shape index (κ3) is 1.39. The summed E-state index contributed by atoms with van der Waals surface area (Å²) < 4.78 is 1.12. The number of hydrogen-bond acceptors (Lipinski definition) is 0. The highest BCUT2D eigenvalue weighted by atomic mass is 79.9. The van der Waals surface area contributed by atoms with Crippen LogP contribution in [0.4, 0.5) is 0 Å². The third-order valence-corrected chi connectivity index (χ3v) is 5.00. The summed E-state index contributed by atoms with van der Waals surface area (Å²) in [4.78, 5) is 0. The van der Waals surface area contributed by atoms with Gasteiger partial charge in [0.05, 0.1) is 0 Å². The zero-order chi connectivity index (χ0) is 14.0. The molecule has 0 nitrogen and oxygen atoms in total. The lowest BCUT2D eigenvalue weighted by Crippen LogP contribution is -1.87. The minimum Gasteiger partial charge on any atom is -0.0610 e. The summed E-state index contributed by atoms with van der Waals surface area (Å²) in [6.07, 6.45) is 0. The maximum atomic E-state index is 3.73. The maximum absolute atomic E-state index is 3.73. The van der Waals surface area contributed by atoms with Gasteiger partial charge in [-0.15, -0.1) is 0 Å². The van der Waals surface area contributed by atoms with Crippen molar-refractivity contribution in [2.24, 2.45) is 0 Å². The lowest BCUT2D eigenvalue weighted by atomic mass is 9.90. The molecule has 0 saturated carbocycles. The summed E-state index contributed by atoms with van der Waals surface area (Å²) in [5.41, 5.74) is 0. The molecule has 0 atom stereocenters. The van der Waals surface area contributed by atoms with Gasteiger partial charge in [0.15, 0.2) is 0 Å². The second kappa shape index (κ2) is 3.96. The van der Waals surface area contributed by atoms with Crippen LogP contribution in [-0.4, -0.2) is 0 Å². The number of benzene rings is 5. The van der Waals surface area contributed by atoms with Gasteiger partial charge in [-0.05, 0) is 49.8 Å². The molecule has 0 N–H and O–H groups in total. The molecule has 0 bridgehead atoms. The Kier molecular flexibility index (Phi) is 2.17. The van der Waals surface area contributed by atoms with Crippen LogP contribution in [0.25, 0.3) is 43.1 Å². The molecule has 21 heavy (non-hydrogen) atoms. The molecule has 0 amide bonds. The maximum Gasteiger partial charge on any atom is 0.0266 e. The fraction of sp³-hybridized carbons (Fsp3) is 0. The molecule has 0 saturated heterocycles. The smallest absolute Gasteiger partial charge is 0.0266 e. The van der Waals surface area contributed by atoms with Crippen LogP contribution in [0.5, 0.6) is 0 Å². The molecule has 5 aromatic carbocycles. The first-order chi connectivity index (χ1) is 10.3. The van der Waals surface area contributed by atoms with E-state index < -0.39 is 0 Å². The van der Waals surface area contributed by atoms with Gasteiger partial charge in [-0.1, -0.05) is 70.5 Å². The van der Waals surface area contributed by atoms with Gasteiger partial charge in [-0.25, -0.2) is 0 Å². The van der Waals surface area contributed by atoms with Crippen molar-refractivity contribution in [3.8, 4) is 0 Å². The van der Waals surface area contributed by atoms with Gasteiger partial charge in [0.2, 0.25) is 0 Å². The zero-order valence-electron chi connectivity index (χ0n) is 11.2. The van der Waals surface area contributed by atoms with E-state index >= 15 is 0 Å². The Balaban J connectivity index is 2.32. The van der Waals surface area contributed by atoms with E-state index in [1.165, 1.54) is 43.1 Å². The Morgan fingerprint density at radius 1 is 0.667 bits per heavy atom. The third-order valence-electron chi connectivity index (χ3n) is 4.37. The first-order valence-electron chi connectivity index (χ1n) is 7.00. The molecule has 5 aromatic rings. The molecule has 0 aliphatic heterocycles. The van der Waals surface area contributed by atoms with E-state index in [0.29, 0.717) is 0 Å². The fourth-order valence-corrected chi connectivity index (χ4v) is 4.06. The van der Waals surface area contributed by atoms with Crippen LogP contribution in [0.3, 0.4) is 0 Å².